The lowest BCUT2D eigenvalue weighted by atomic mass is 10.1. The number of benzene rings is 1. The number of hydrogen-bond acceptors (Lipinski definition) is 3. The standard InChI is InChI=1S/C20H31NO3/c1-3-5-7-9-13-21(14-10-8-6-4-2)20(22)17-11-12-18-19(15-17)24-16-23-18/h11-12,15H,3-10,13-14,16H2,1-2H3. The molecule has 2 rings (SSSR count). The fourth-order valence-electron chi connectivity index (χ4n) is 2.99. The number of ether oxygens (including phenoxy) is 2. The van der Waals surface area contributed by atoms with E-state index in [1.807, 2.05) is 23.1 Å². The summed E-state index contributed by atoms with van der Waals surface area (Å²) in [5.74, 6) is 1.52. The Hall–Kier alpha value is -1.71. The maximum atomic E-state index is 12.9. The van der Waals surface area contributed by atoms with Crippen LogP contribution < -0.4 is 9.47 Å². The van der Waals surface area contributed by atoms with E-state index in [1.54, 1.807) is 0 Å². The summed E-state index contributed by atoms with van der Waals surface area (Å²) in [6.07, 6.45) is 9.45. The smallest absolute Gasteiger partial charge is 0.253 e. The van der Waals surface area contributed by atoms with E-state index in [0.29, 0.717) is 11.3 Å². The van der Waals surface area contributed by atoms with E-state index >= 15 is 0 Å². The highest BCUT2D eigenvalue weighted by molar-refractivity contribution is 5.95. The van der Waals surface area contributed by atoms with Crippen molar-refractivity contribution in [2.45, 2.75) is 65.2 Å². The summed E-state index contributed by atoms with van der Waals surface area (Å²) < 4.78 is 10.7. The first-order valence-corrected chi connectivity index (χ1v) is 9.45. The number of hydrogen-bond donors (Lipinski definition) is 0. The minimum absolute atomic E-state index is 0.112. The van der Waals surface area contributed by atoms with Gasteiger partial charge in [0.25, 0.3) is 5.91 Å². The minimum Gasteiger partial charge on any atom is -0.454 e. The Balaban J connectivity index is 1.96. The molecule has 4 nitrogen and oxygen atoms in total. The van der Waals surface area contributed by atoms with Crippen molar-refractivity contribution < 1.29 is 14.3 Å². The number of carbonyl (C=O) groups is 1. The lowest BCUT2D eigenvalue weighted by molar-refractivity contribution is 0.0749. The van der Waals surface area contributed by atoms with Crippen LogP contribution in [0, 0.1) is 0 Å². The van der Waals surface area contributed by atoms with Crippen LogP contribution in [-0.4, -0.2) is 30.7 Å². The van der Waals surface area contributed by atoms with Gasteiger partial charge in [-0.05, 0) is 31.0 Å². The van der Waals surface area contributed by atoms with E-state index in [9.17, 15) is 4.79 Å². The number of fused-ring (bicyclic) bond motifs is 1. The highest BCUT2D eigenvalue weighted by atomic mass is 16.7. The molecule has 1 amide bonds. The van der Waals surface area contributed by atoms with E-state index in [2.05, 4.69) is 13.8 Å². The van der Waals surface area contributed by atoms with Gasteiger partial charge in [0.05, 0.1) is 0 Å². The Morgan fingerprint density at radius 3 is 2.17 bits per heavy atom. The molecule has 0 saturated heterocycles. The molecular formula is C20H31NO3. The van der Waals surface area contributed by atoms with Gasteiger partial charge in [-0.15, -0.1) is 0 Å². The summed E-state index contributed by atoms with van der Waals surface area (Å²) in [6.45, 7) is 6.35. The van der Waals surface area contributed by atoms with Crippen molar-refractivity contribution in [1.82, 2.24) is 4.90 Å². The lowest BCUT2D eigenvalue weighted by Crippen LogP contribution is -2.33. The molecule has 0 radical (unpaired) electrons. The SMILES string of the molecule is CCCCCCN(CCCCCC)C(=O)c1ccc2c(c1)OCO2. The lowest BCUT2D eigenvalue weighted by Gasteiger charge is -2.23. The van der Waals surface area contributed by atoms with Crippen molar-refractivity contribution in [3.63, 3.8) is 0 Å². The summed E-state index contributed by atoms with van der Waals surface area (Å²) in [5.41, 5.74) is 0.699. The van der Waals surface area contributed by atoms with Gasteiger partial charge < -0.3 is 14.4 Å². The molecule has 1 heterocycles. The highest BCUT2D eigenvalue weighted by Gasteiger charge is 2.20. The van der Waals surface area contributed by atoms with Crippen molar-refractivity contribution >= 4 is 5.91 Å². The van der Waals surface area contributed by atoms with Gasteiger partial charge in [0.1, 0.15) is 0 Å². The molecule has 0 fully saturated rings. The van der Waals surface area contributed by atoms with E-state index in [1.165, 1.54) is 38.5 Å². The van der Waals surface area contributed by atoms with E-state index < -0.39 is 0 Å². The molecule has 0 unspecified atom stereocenters. The molecule has 0 spiro atoms. The zero-order valence-electron chi connectivity index (χ0n) is 15.2. The molecule has 0 aromatic heterocycles. The third-order valence-corrected chi connectivity index (χ3v) is 4.47. The Bertz CT molecular complexity index is 504. The molecular weight excluding hydrogens is 302 g/mol. The Labute approximate surface area is 146 Å². The van der Waals surface area contributed by atoms with Gasteiger partial charge in [0, 0.05) is 18.7 Å². The summed E-state index contributed by atoms with van der Waals surface area (Å²) in [5, 5.41) is 0. The van der Waals surface area contributed by atoms with Gasteiger partial charge in [0.2, 0.25) is 6.79 Å². The molecule has 0 bridgehead atoms. The van der Waals surface area contributed by atoms with Crippen molar-refractivity contribution in [2.24, 2.45) is 0 Å². The number of rotatable bonds is 11. The Morgan fingerprint density at radius 2 is 1.54 bits per heavy atom. The average molecular weight is 333 g/mol. The predicted molar refractivity (Wildman–Crippen MR) is 96.8 cm³/mol. The number of amides is 1. The van der Waals surface area contributed by atoms with Crippen LogP contribution >= 0.6 is 0 Å². The normalized spacial score (nSPS) is 12.4. The zero-order valence-corrected chi connectivity index (χ0v) is 15.2. The molecule has 24 heavy (non-hydrogen) atoms. The molecule has 0 atom stereocenters. The first-order chi connectivity index (χ1) is 11.8. The van der Waals surface area contributed by atoms with Crippen LogP contribution in [0.15, 0.2) is 18.2 Å². The molecule has 1 aromatic rings. The Kier molecular flexibility index (Phi) is 7.93. The van der Waals surface area contributed by atoms with Crippen LogP contribution in [0.3, 0.4) is 0 Å². The number of nitrogens with zero attached hydrogens (tertiary/aromatic N) is 1. The quantitative estimate of drug-likeness (QED) is 0.534. The van der Waals surface area contributed by atoms with Crippen LogP contribution in [-0.2, 0) is 0 Å². The second kappa shape index (κ2) is 10.2. The van der Waals surface area contributed by atoms with Crippen molar-refractivity contribution in [3.8, 4) is 11.5 Å². The highest BCUT2D eigenvalue weighted by Crippen LogP contribution is 2.32. The number of carbonyl (C=O) groups excluding carboxylic acids is 1. The molecule has 0 N–H and O–H groups in total. The summed E-state index contributed by atoms with van der Waals surface area (Å²) in [4.78, 5) is 14.9. The van der Waals surface area contributed by atoms with Crippen molar-refractivity contribution in [3.05, 3.63) is 23.8 Å². The first kappa shape index (κ1) is 18.6. The number of unbranched alkanes of at least 4 members (excludes halogenated alkanes) is 6. The molecule has 1 aliphatic heterocycles. The van der Waals surface area contributed by atoms with E-state index in [-0.39, 0.29) is 12.7 Å². The maximum absolute atomic E-state index is 12.9. The summed E-state index contributed by atoms with van der Waals surface area (Å²) in [6, 6.07) is 5.50. The largest absolute Gasteiger partial charge is 0.454 e. The summed E-state index contributed by atoms with van der Waals surface area (Å²) in [7, 11) is 0. The van der Waals surface area contributed by atoms with Gasteiger partial charge in [-0.25, -0.2) is 0 Å². The second-order valence-electron chi connectivity index (χ2n) is 6.48. The predicted octanol–water partition coefficient (Wildman–Crippen LogP) is 5.02. The Morgan fingerprint density at radius 1 is 0.917 bits per heavy atom. The molecule has 134 valence electrons. The second-order valence-corrected chi connectivity index (χ2v) is 6.48. The van der Waals surface area contributed by atoms with E-state index in [4.69, 9.17) is 9.47 Å². The van der Waals surface area contributed by atoms with Gasteiger partial charge in [0.15, 0.2) is 11.5 Å². The van der Waals surface area contributed by atoms with Crippen LogP contribution in [0.2, 0.25) is 0 Å². The molecule has 4 heteroatoms. The maximum Gasteiger partial charge on any atom is 0.253 e. The van der Waals surface area contributed by atoms with Crippen molar-refractivity contribution in [1.29, 1.82) is 0 Å². The van der Waals surface area contributed by atoms with Crippen LogP contribution in [0.5, 0.6) is 11.5 Å². The molecule has 1 aliphatic rings. The fraction of sp³-hybridized carbons (Fsp3) is 0.650. The molecule has 1 aromatic carbocycles. The monoisotopic (exact) mass is 333 g/mol. The van der Waals surface area contributed by atoms with Crippen LogP contribution in [0.25, 0.3) is 0 Å². The molecule has 0 aliphatic carbocycles. The minimum atomic E-state index is 0.112. The molecule has 0 saturated carbocycles. The average Bonchev–Trinajstić information content (AvgIpc) is 3.07. The first-order valence-electron chi connectivity index (χ1n) is 9.45. The third kappa shape index (κ3) is 5.43. The van der Waals surface area contributed by atoms with E-state index in [0.717, 1.165) is 31.7 Å². The summed E-state index contributed by atoms with van der Waals surface area (Å²) >= 11 is 0. The van der Waals surface area contributed by atoms with Gasteiger partial charge in [-0.3, -0.25) is 4.79 Å². The fourth-order valence-corrected chi connectivity index (χ4v) is 2.99. The van der Waals surface area contributed by atoms with Crippen LogP contribution in [0.4, 0.5) is 0 Å². The van der Waals surface area contributed by atoms with Gasteiger partial charge >= 0.3 is 0 Å². The van der Waals surface area contributed by atoms with Gasteiger partial charge in [-0.1, -0.05) is 52.4 Å². The van der Waals surface area contributed by atoms with Crippen molar-refractivity contribution in [2.75, 3.05) is 19.9 Å². The van der Waals surface area contributed by atoms with Gasteiger partial charge in [-0.2, -0.15) is 0 Å². The third-order valence-electron chi connectivity index (χ3n) is 4.47. The zero-order chi connectivity index (χ0) is 17.2. The van der Waals surface area contributed by atoms with Crippen LogP contribution in [0.1, 0.15) is 75.6 Å². The topological polar surface area (TPSA) is 38.8 Å².